The van der Waals surface area contributed by atoms with Crippen LogP contribution in [0.2, 0.25) is 0 Å². The molecule has 0 N–H and O–H groups in total. The standard InChI is InChI=1S/C13H11F2N.C7H2F6O/c1-9-2-5-13(16-8-9)10-3-4-11(7-14)12(15)6-10;8-4-1-3(14-13)2-5(9)6(4)7(10,11)12/h2-6,8H,7H2,1H3;1-2H. The Kier molecular flexibility index (Phi) is 7.36. The van der Waals surface area contributed by atoms with Crippen LogP contribution in [0.3, 0.4) is 0 Å². The summed E-state index contributed by atoms with van der Waals surface area (Å²) in [6.45, 7) is 1.15. The molecule has 0 unspecified atom stereocenters. The lowest BCUT2D eigenvalue weighted by atomic mass is 10.1. The van der Waals surface area contributed by atoms with Crippen LogP contribution < -0.4 is 4.94 Å². The number of nitrogens with zero attached hydrogens (tertiary/aromatic N) is 1. The van der Waals surface area contributed by atoms with Crippen molar-refractivity contribution in [2.24, 2.45) is 0 Å². The summed E-state index contributed by atoms with van der Waals surface area (Å²) in [5.74, 6) is -5.34. The predicted molar refractivity (Wildman–Crippen MR) is 92.3 cm³/mol. The summed E-state index contributed by atoms with van der Waals surface area (Å²) in [4.78, 5) is 7.08. The SMILES string of the molecule is Cc1ccc(-c2ccc(CF)c(F)c2)nc1.FOc1cc(F)c(C(F)(F)F)c(F)c1. The molecule has 160 valence electrons. The van der Waals surface area contributed by atoms with Gasteiger partial charge in [-0.2, -0.15) is 13.2 Å². The van der Waals surface area contributed by atoms with Crippen molar-refractivity contribution < 1.29 is 40.2 Å². The molecule has 10 heteroatoms. The fraction of sp³-hybridized carbons (Fsp3) is 0.150. The van der Waals surface area contributed by atoms with Crippen molar-refractivity contribution in [1.29, 1.82) is 0 Å². The number of aryl methyl sites for hydroxylation is 1. The predicted octanol–water partition coefficient (Wildman–Crippen LogP) is 6.91. The van der Waals surface area contributed by atoms with Gasteiger partial charge in [0, 0.05) is 34.0 Å². The number of rotatable bonds is 3. The Hall–Kier alpha value is -3.17. The van der Waals surface area contributed by atoms with Crippen molar-refractivity contribution in [3.05, 3.63) is 82.8 Å². The third-order valence-corrected chi connectivity index (χ3v) is 3.79. The van der Waals surface area contributed by atoms with Crippen molar-refractivity contribution in [2.45, 2.75) is 19.8 Å². The zero-order valence-corrected chi connectivity index (χ0v) is 15.2. The first kappa shape index (κ1) is 23.1. The number of alkyl halides is 4. The van der Waals surface area contributed by atoms with E-state index in [4.69, 9.17) is 0 Å². The molecule has 0 amide bonds. The van der Waals surface area contributed by atoms with Gasteiger partial charge in [-0.05, 0) is 24.6 Å². The number of aromatic nitrogens is 1. The van der Waals surface area contributed by atoms with Crippen molar-refractivity contribution in [3.63, 3.8) is 0 Å². The molecule has 0 fully saturated rings. The van der Waals surface area contributed by atoms with Crippen LogP contribution in [0.1, 0.15) is 16.7 Å². The zero-order chi connectivity index (χ0) is 22.5. The minimum absolute atomic E-state index is 0.0795. The molecule has 0 spiro atoms. The van der Waals surface area contributed by atoms with E-state index < -0.39 is 41.6 Å². The van der Waals surface area contributed by atoms with Crippen LogP contribution in [-0.4, -0.2) is 4.98 Å². The number of pyridine rings is 1. The highest BCUT2D eigenvalue weighted by atomic mass is 19.4. The third kappa shape index (κ3) is 5.68. The average molecular weight is 435 g/mol. The lowest BCUT2D eigenvalue weighted by molar-refractivity contribution is -0.142. The van der Waals surface area contributed by atoms with Gasteiger partial charge in [0.2, 0.25) is 0 Å². The van der Waals surface area contributed by atoms with Gasteiger partial charge in [-0.3, -0.25) is 9.93 Å². The van der Waals surface area contributed by atoms with Crippen molar-refractivity contribution in [3.8, 4) is 17.0 Å². The molecule has 0 radical (unpaired) electrons. The summed E-state index contributed by atoms with van der Waals surface area (Å²) in [7, 11) is 0. The van der Waals surface area contributed by atoms with Crippen LogP contribution >= 0.6 is 0 Å². The molecule has 0 aliphatic carbocycles. The van der Waals surface area contributed by atoms with Gasteiger partial charge in [-0.25, -0.2) is 17.6 Å². The molecule has 0 saturated heterocycles. The summed E-state index contributed by atoms with van der Waals surface area (Å²) < 4.78 is 98.0. The van der Waals surface area contributed by atoms with Gasteiger partial charge in [-0.1, -0.05) is 18.2 Å². The van der Waals surface area contributed by atoms with Crippen LogP contribution in [0.25, 0.3) is 11.3 Å². The number of halogens is 8. The molecule has 3 aromatic rings. The lowest BCUT2D eigenvalue weighted by Crippen LogP contribution is -2.11. The normalized spacial score (nSPS) is 11.0. The summed E-state index contributed by atoms with van der Waals surface area (Å²) in [5, 5.41) is 0. The maximum Gasteiger partial charge on any atom is 0.422 e. The second-order valence-corrected chi connectivity index (χ2v) is 6.00. The van der Waals surface area contributed by atoms with E-state index in [2.05, 4.69) is 9.93 Å². The first-order chi connectivity index (χ1) is 14.1. The molecule has 2 nitrogen and oxygen atoms in total. The summed E-state index contributed by atoms with van der Waals surface area (Å²) in [6, 6.07) is 8.37. The van der Waals surface area contributed by atoms with Crippen LogP contribution in [0.4, 0.5) is 35.3 Å². The summed E-state index contributed by atoms with van der Waals surface area (Å²) in [5.41, 5.74) is 0.406. The smallest absolute Gasteiger partial charge is 0.294 e. The molecule has 2 aromatic carbocycles. The Labute approximate surface area is 165 Å². The monoisotopic (exact) mass is 435 g/mol. The molecule has 30 heavy (non-hydrogen) atoms. The van der Waals surface area contributed by atoms with E-state index in [0.29, 0.717) is 11.3 Å². The minimum Gasteiger partial charge on any atom is -0.294 e. The Morgan fingerprint density at radius 2 is 1.53 bits per heavy atom. The molecule has 0 atom stereocenters. The summed E-state index contributed by atoms with van der Waals surface area (Å²) in [6.07, 6.45) is -3.45. The van der Waals surface area contributed by atoms with Gasteiger partial charge in [0.05, 0.1) is 5.69 Å². The molecule has 1 aromatic heterocycles. The maximum absolute atomic E-state index is 13.3. The molecule has 0 saturated carbocycles. The van der Waals surface area contributed by atoms with Gasteiger partial charge in [0.1, 0.15) is 29.7 Å². The fourth-order valence-electron chi connectivity index (χ4n) is 2.32. The molecular weight excluding hydrogens is 422 g/mol. The van der Waals surface area contributed by atoms with Gasteiger partial charge in [0.15, 0.2) is 5.75 Å². The molecule has 1 heterocycles. The Bertz CT molecular complexity index is 980. The number of benzene rings is 2. The van der Waals surface area contributed by atoms with Gasteiger partial charge < -0.3 is 0 Å². The maximum atomic E-state index is 13.3. The second kappa shape index (κ2) is 9.55. The average Bonchev–Trinajstić information content (AvgIpc) is 2.67. The number of hydrogen-bond acceptors (Lipinski definition) is 2. The van der Waals surface area contributed by atoms with E-state index in [-0.39, 0.29) is 17.7 Å². The Morgan fingerprint density at radius 3 is 1.97 bits per heavy atom. The van der Waals surface area contributed by atoms with Gasteiger partial charge >= 0.3 is 6.18 Å². The lowest BCUT2D eigenvalue weighted by Gasteiger charge is -2.09. The highest BCUT2D eigenvalue weighted by molar-refractivity contribution is 5.59. The Balaban J connectivity index is 0.000000216. The largest absolute Gasteiger partial charge is 0.422 e. The van der Waals surface area contributed by atoms with E-state index in [9.17, 15) is 35.3 Å². The van der Waals surface area contributed by atoms with Gasteiger partial charge in [0.25, 0.3) is 0 Å². The molecule has 0 aliphatic rings. The highest BCUT2D eigenvalue weighted by Crippen LogP contribution is 2.35. The third-order valence-electron chi connectivity index (χ3n) is 3.79. The quantitative estimate of drug-likeness (QED) is 0.417. The topological polar surface area (TPSA) is 22.1 Å². The molecule has 0 aliphatic heterocycles. The van der Waals surface area contributed by atoms with E-state index >= 15 is 0 Å². The molecule has 3 rings (SSSR count). The van der Waals surface area contributed by atoms with Crippen molar-refractivity contribution in [2.75, 3.05) is 0 Å². The van der Waals surface area contributed by atoms with E-state index in [1.54, 1.807) is 12.3 Å². The van der Waals surface area contributed by atoms with Crippen molar-refractivity contribution >= 4 is 0 Å². The minimum atomic E-state index is -5.16. The van der Waals surface area contributed by atoms with E-state index in [1.807, 2.05) is 19.1 Å². The molecular formula is C20H13F8NO. The first-order valence-corrected chi connectivity index (χ1v) is 8.19. The van der Waals surface area contributed by atoms with Crippen LogP contribution in [0, 0.1) is 24.4 Å². The first-order valence-electron chi connectivity index (χ1n) is 8.19. The fourth-order valence-corrected chi connectivity index (χ4v) is 2.32. The summed E-state index contributed by atoms with van der Waals surface area (Å²) >= 11 is 0. The van der Waals surface area contributed by atoms with Crippen LogP contribution in [-0.2, 0) is 12.9 Å². The van der Waals surface area contributed by atoms with Crippen LogP contribution in [0.5, 0.6) is 5.75 Å². The molecule has 0 bridgehead atoms. The van der Waals surface area contributed by atoms with Crippen LogP contribution in [0.15, 0.2) is 48.7 Å². The number of hydrogen-bond donors (Lipinski definition) is 0. The Morgan fingerprint density at radius 1 is 0.900 bits per heavy atom. The highest BCUT2D eigenvalue weighted by Gasteiger charge is 2.38. The van der Waals surface area contributed by atoms with Crippen molar-refractivity contribution in [1.82, 2.24) is 4.98 Å². The van der Waals surface area contributed by atoms with Gasteiger partial charge in [-0.15, -0.1) is 0 Å². The van der Waals surface area contributed by atoms with E-state index in [1.165, 1.54) is 12.1 Å². The van der Waals surface area contributed by atoms with E-state index in [0.717, 1.165) is 5.56 Å². The zero-order valence-electron chi connectivity index (χ0n) is 15.2. The second-order valence-electron chi connectivity index (χ2n) is 6.00.